The summed E-state index contributed by atoms with van der Waals surface area (Å²) in [5.41, 5.74) is 2.60. The summed E-state index contributed by atoms with van der Waals surface area (Å²) in [6.07, 6.45) is 2.55. The molecule has 0 spiro atoms. The highest BCUT2D eigenvalue weighted by atomic mass is 35.5. The molecule has 1 fully saturated rings. The zero-order valence-electron chi connectivity index (χ0n) is 24.1. The Morgan fingerprint density at radius 3 is 2.65 bits per heavy atom. The maximum Gasteiger partial charge on any atom is 0.335 e. The monoisotopic (exact) mass is 658 g/mol. The van der Waals surface area contributed by atoms with Crippen LogP contribution in [0.25, 0.3) is 32.7 Å². The minimum absolute atomic E-state index is 0.00472. The van der Waals surface area contributed by atoms with Gasteiger partial charge in [0.2, 0.25) is 5.88 Å². The molecule has 46 heavy (non-hydrogen) atoms. The number of carboxylic acids is 1. The summed E-state index contributed by atoms with van der Waals surface area (Å²) in [6.45, 7) is 1.23. The van der Waals surface area contributed by atoms with Gasteiger partial charge in [-0.25, -0.2) is 28.5 Å². The number of hydrogen-bond acceptors (Lipinski definition) is 7. The molecule has 12 heteroatoms. The third-order valence-electron chi connectivity index (χ3n) is 7.76. The van der Waals surface area contributed by atoms with Gasteiger partial charge in [0, 0.05) is 35.9 Å². The van der Waals surface area contributed by atoms with Crippen molar-refractivity contribution in [3.8, 4) is 27.6 Å². The first-order chi connectivity index (χ1) is 22.3. The van der Waals surface area contributed by atoms with Crippen LogP contribution in [0.5, 0.6) is 5.88 Å². The molecule has 8 nitrogen and oxygen atoms in total. The lowest BCUT2D eigenvalue weighted by Gasteiger charge is -2.27. The number of imidazole rings is 1. The Balaban J connectivity index is 1.10. The van der Waals surface area contributed by atoms with E-state index in [4.69, 9.17) is 21.1 Å². The SMILES string of the molecule is O=C(O)c1ccc2nc(Cc3cc(F)c(-c4cccc(OCc5ncc(-c6ccc(Cl)cc6)s5)n4)cc3F)n(CC3CCO3)c2c1. The standard InChI is InChI=1S/C34H25ClF2N4O4S/c35-22-7-4-19(5-8-22)30-16-38-33(46-30)18-45-32-3-1-2-27(40-32)24-15-25(36)21(12-26(24)37)14-31-39-28-9-6-20(34(42)43)13-29(28)41(31)17-23-10-11-44-23/h1-9,12-13,15-16,23H,10-11,14,17-18H2,(H,42,43). The molecule has 0 aliphatic carbocycles. The van der Waals surface area contributed by atoms with Gasteiger partial charge in [-0.05, 0) is 66.1 Å². The fraction of sp³-hybridized carbons (Fsp3) is 0.176. The van der Waals surface area contributed by atoms with E-state index in [1.807, 2.05) is 28.8 Å². The molecule has 0 saturated carbocycles. The Hall–Kier alpha value is -4.71. The van der Waals surface area contributed by atoms with Crippen molar-refractivity contribution in [1.29, 1.82) is 0 Å². The van der Waals surface area contributed by atoms with Crippen LogP contribution in [0.15, 0.2) is 79.0 Å². The van der Waals surface area contributed by atoms with E-state index in [1.54, 1.807) is 36.5 Å². The molecule has 0 radical (unpaired) electrons. The van der Waals surface area contributed by atoms with Crippen molar-refractivity contribution >= 4 is 39.9 Å². The van der Waals surface area contributed by atoms with Gasteiger partial charge in [0.25, 0.3) is 0 Å². The highest BCUT2D eigenvalue weighted by Gasteiger charge is 2.24. The summed E-state index contributed by atoms with van der Waals surface area (Å²) < 4.78 is 44.4. The van der Waals surface area contributed by atoms with E-state index < -0.39 is 17.6 Å². The molecule has 4 heterocycles. The Labute approximate surface area is 270 Å². The van der Waals surface area contributed by atoms with E-state index in [2.05, 4.69) is 15.0 Å². The van der Waals surface area contributed by atoms with Crippen LogP contribution in [-0.4, -0.2) is 43.3 Å². The van der Waals surface area contributed by atoms with Crippen LogP contribution in [0.2, 0.25) is 5.02 Å². The molecular formula is C34H25ClF2N4O4S. The number of hydrogen-bond donors (Lipinski definition) is 1. The smallest absolute Gasteiger partial charge is 0.335 e. The number of rotatable bonds is 10. The molecule has 1 aliphatic rings. The fourth-order valence-corrected chi connectivity index (χ4v) is 6.23. The lowest BCUT2D eigenvalue weighted by atomic mass is 10.0. The van der Waals surface area contributed by atoms with E-state index >= 15 is 8.78 Å². The van der Waals surface area contributed by atoms with Gasteiger partial charge in [0.1, 0.15) is 29.1 Å². The number of fused-ring (bicyclic) bond motifs is 1. The number of thiazole rings is 1. The zero-order valence-corrected chi connectivity index (χ0v) is 25.7. The number of pyridine rings is 1. The van der Waals surface area contributed by atoms with Crippen molar-refractivity contribution in [3.63, 3.8) is 0 Å². The first kappa shape index (κ1) is 30.0. The number of aromatic nitrogens is 4. The van der Waals surface area contributed by atoms with Crippen LogP contribution in [-0.2, 0) is 24.3 Å². The second-order valence-electron chi connectivity index (χ2n) is 10.8. The van der Waals surface area contributed by atoms with Gasteiger partial charge in [-0.3, -0.25) is 0 Å². The number of halogens is 3. The second-order valence-corrected chi connectivity index (χ2v) is 12.4. The molecule has 0 amide bonds. The summed E-state index contributed by atoms with van der Waals surface area (Å²) in [5, 5.41) is 10.9. The van der Waals surface area contributed by atoms with Crippen LogP contribution in [0, 0.1) is 11.6 Å². The van der Waals surface area contributed by atoms with E-state index in [1.165, 1.54) is 17.4 Å². The summed E-state index contributed by atoms with van der Waals surface area (Å²) in [7, 11) is 0. The molecule has 1 unspecified atom stereocenters. The van der Waals surface area contributed by atoms with Crippen molar-refractivity contribution in [1.82, 2.24) is 19.5 Å². The van der Waals surface area contributed by atoms with Crippen LogP contribution in [0.4, 0.5) is 8.78 Å². The normalized spacial score (nSPS) is 14.4. The van der Waals surface area contributed by atoms with Crippen LogP contribution in [0.3, 0.4) is 0 Å². The Kier molecular flexibility index (Phi) is 8.20. The fourth-order valence-electron chi connectivity index (χ4n) is 5.27. The van der Waals surface area contributed by atoms with E-state index in [0.717, 1.165) is 34.0 Å². The lowest BCUT2D eigenvalue weighted by molar-refractivity contribution is -0.0589. The molecule has 0 bridgehead atoms. The highest BCUT2D eigenvalue weighted by molar-refractivity contribution is 7.15. The molecule has 1 atom stereocenters. The number of aromatic carboxylic acids is 1. The summed E-state index contributed by atoms with van der Waals surface area (Å²) in [6, 6.07) is 19.3. The van der Waals surface area contributed by atoms with Gasteiger partial charge in [-0.2, -0.15) is 0 Å². The lowest BCUT2D eigenvalue weighted by Crippen LogP contribution is -2.31. The largest absolute Gasteiger partial charge is 0.478 e. The quantitative estimate of drug-likeness (QED) is 0.160. The van der Waals surface area contributed by atoms with Crippen molar-refractivity contribution in [2.24, 2.45) is 0 Å². The van der Waals surface area contributed by atoms with Crippen molar-refractivity contribution in [3.05, 3.63) is 118 Å². The molecule has 6 aromatic rings. The average Bonchev–Trinajstić information content (AvgIpc) is 3.64. The van der Waals surface area contributed by atoms with Gasteiger partial charge in [-0.1, -0.05) is 29.8 Å². The molecular weight excluding hydrogens is 634 g/mol. The first-order valence-electron chi connectivity index (χ1n) is 14.4. The molecule has 232 valence electrons. The van der Waals surface area contributed by atoms with Crippen LogP contribution in [0.1, 0.15) is 33.2 Å². The number of carbonyl (C=O) groups is 1. The van der Waals surface area contributed by atoms with Gasteiger partial charge in [0.15, 0.2) is 0 Å². The van der Waals surface area contributed by atoms with E-state index in [0.29, 0.717) is 35.0 Å². The molecule has 3 aromatic carbocycles. The maximum atomic E-state index is 15.6. The summed E-state index contributed by atoms with van der Waals surface area (Å²) in [4.78, 5) is 26.0. The Morgan fingerprint density at radius 2 is 1.89 bits per heavy atom. The minimum Gasteiger partial charge on any atom is -0.478 e. The van der Waals surface area contributed by atoms with Crippen molar-refractivity contribution < 1.29 is 28.2 Å². The third kappa shape index (κ3) is 6.21. The van der Waals surface area contributed by atoms with E-state index in [9.17, 15) is 9.90 Å². The van der Waals surface area contributed by atoms with Crippen molar-refractivity contribution in [2.75, 3.05) is 6.61 Å². The van der Waals surface area contributed by atoms with E-state index in [-0.39, 0.29) is 47.4 Å². The van der Waals surface area contributed by atoms with Crippen LogP contribution >= 0.6 is 22.9 Å². The highest BCUT2D eigenvalue weighted by Crippen LogP contribution is 2.30. The molecule has 3 aromatic heterocycles. The van der Waals surface area contributed by atoms with Crippen molar-refractivity contribution in [2.45, 2.75) is 32.1 Å². The number of nitrogens with zero attached hydrogens (tertiary/aromatic N) is 4. The van der Waals surface area contributed by atoms with Crippen LogP contribution < -0.4 is 4.74 Å². The Bertz CT molecular complexity index is 2080. The zero-order chi connectivity index (χ0) is 31.8. The average molecular weight is 659 g/mol. The minimum atomic E-state index is -1.06. The van der Waals surface area contributed by atoms with Gasteiger partial charge < -0.3 is 19.1 Å². The molecule has 1 aliphatic heterocycles. The summed E-state index contributed by atoms with van der Waals surface area (Å²) in [5.74, 6) is -1.60. The topological polar surface area (TPSA) is 99.4 Å². The predicted octanol–water partition coefficient (Wildman–Crippen LogP) is 7.81. The molecule has 7 rings (SSSR count). The van der Waals surface area contributed by atoms with Gasteiger partial charge in [-0.15, -0.1) is 11.3 Å². The number of benzene rings is 3. The van der Waals surface area contributed by atoms with Gasteiger partial charge in [0.05, 0.1) is 39.8 Å². The van der Waals surface area contributed by atoms with Gasteiger partial charge >= 0.3 is 5.97 Å². The molecule has 1 N–H and O–H groups in total. The predicted molar refractivity (Wildman–Crippen MR) is 170 cm³/mol. The Morgan fingerprint density at radius 1 is 1.07 bits per heavy atom. The first-order valence-corrected chi connectivity index (χ1v) is 15.6. The maximum absolute atomic E-state index is 15.6. The second kappa shape index (κ2) is 12.6. The summed E-state index contributed by atoms with van der Waals surface area (Å²) >= 11 is 7.46. The third-order valence-corrected chi connectivity index (χ3v) is 9.04. The molecule has 1 saturated heterocycles. The number of ether oxygens (including phenoxy) is 2. The number of carboxylic acid groups (broad SMARTS) is 1.